The van der Waals surface area contributed by atoms with Crippen LogP contribution >= 0.6 is 0 Å². The molecular formula is C16H27FN2O. The lowest BCUT2D eigenvalue weighted by Crippen LogP contribution is -2.33. The predicted octanol–water partition coefficient (Wildman–Crippen LogP) is 2.92. The third-order valence-electron chi connectivity index (χ3n) is 3.26. The molecule has 0 unspecified atom stereocenters. The minimum Gasteiger partial charge on any atom is -0.396 e. The van der Waals surface area contributed by atoms with Gasteiger partial charge in [0.2, 0.25) is 0 Å². The number of nitrogens with zero attached hydrogens (tertiary/aromatic N) is 1. The molecule has 0 saturated heterocycles. The van der Waals surface area contributed by atoms with Gasteiger partial charge in [0.1, 0.15) is 5.82 Å². The van der Waals surface area contributed by atoms with Crippen LogP contribution < -0.4 is 10.2 Å². The van der Waals surface area contributed by atoms with Gasteiger partial charge in [0.05, 0.1) is 5.69 Å². The highest BCUT2D eigenvalue weighted by Crippen LogP contribution is 2.23. The molecule has 1 aromatic carbocycles. The first-order valence-corrected chi connectivity index (χ1v) is 7.46. The maximum atomic E-state index is 14.3. The second-order valence-electron chi connectivity index (χ2n) is 5.33. The van der Waals surface area contributed by atoms with Gasteiger partial charge in [0.25, 0.3) is 0 Å². The monoisotopic (exact) mass is 282 g/mol. The fraction of sp³-hybridized carbons (Fsp3) is 0.625. The number of rotatable bonds is 9. The fourth-order valence-corrected chi connectivity index (χ4v) is 2.20. The van der Waals surface area contributed by atoms with Crippen molar-refractivity contribution in [1.29, 1.82) is 0 Å². The Kier molecular flexibility index (Phi) is 7.55. The van der Waals surface area contributed by atoms with Crippen molar-refractivity contribution in [3.63, 3.8) is 0 Å². The van der Waals surface area contributed by atoms with Crippen molar-refractivity contribution in [3.8, 4) is 0 Å². The molecule has 0 aromatic heterocycles. The third-order valence-corrected chi connectivity index (χ3v) is 3.26. The molecule has 20 heavy (non-hydrogen) atoms. The van der Waals surface area contributed by atoms with Crippen LogP contribution in [0.1, 0.15) is 39.2 Å². The van der Waals surface area contributed by atoms with Crippen LogP contribution in [-0.2, 0) is 6.54 Å². The summed E-state index contributed by atoms with van der Waals surface area (Å²) in [6, 6.07) is 5.62. The molecule has 0 spiro atoms. The normalized spacial score (nSPS) is 11.1. The van der Waals surface area contributed by atoms with Crippen molar-refractivity contribution in [2.45, 2.75) is 46.2 Å². The van der Waals surface area contributed by atoms with Crippen LogP contribution in [0.5, 0.6) is 0 Å². The summed E-state index contributed by atoms with van der Waals surface area (Å²) in [5.74, 6) is -0.188. The molecule has 1 rings (SSSR count). The van der Waals surface area contributed by atoms with Gasteiger partial charge in [-0.3, -0.25) is 0 Å². The summed E-state index contributed by atoms with van der Waals surface area (Å²) in [6.45, 7) is 8.61. The minimum absolute atomic E-state index is 0.129. The number of anilines is 1. The van der Waals surface area contributed by atoms with Gasteiger partial charge in [-0.15, -0.1) is 0 Å². The highest BCUT2D eigenvalue weighted by Gasteiger charge is 2.14. The molecule has 114 valence electrons. The first kappa shape index (κ1) is 16.9. The summed E-state index contributed by atoms with van der Waals surface area (Å²) < 4.78 is 14.3. The lowest BCUT2D eigenvalue weighted by atomic mass is 10.1. The molecule has 0 aliphatic heterocycles. The SMILES string of the molecule is CCCNCc1ccc(N(CCCO)C(C)C)c(F)c1. The van der Waals surface area contributed by atoms with Crippen molar-refractivity contribution < 1.29 is 9.50 Å². The van der Waals surface area contributed by atoms with E-state index in [1.54, 1.807) is 6.07 Å². The second-order valence-corrected chi connectivity index (χ2v) is 5.33. The summed E-state index contributed by atoms with van der Waals surface area (Å²) in [4.78, 5) is 1.99. The van der Waals surface area contributed by atoms with Crippen LogP contribution in [-0.4, -0.2) is 30.8 Å². The number of halogens is 1. The number of aliphatic hydroxyl groups excluding tert-OH is 1. The van der Waals surface area contributed by atoms with E-state index >= 15 is 0 Å². The topological polar surface area (TPSA) is 35.5 Å². The van der Waals surface area contributed by atoms with Gasteiger partial charge in [0.15, 0.2) is 0 Å². The van der Waals surface area contributed by atoms with Crippen LogP contribution in [0.25, 0.3) is 0 Å². The van der Waals surface area contributed by atoms with E-state index in [2.05, 4.69) is 12.2 Å². The Labute approximate surface area is 121 Å². The average molecular weight is 282 g/mol. The minimum atomic E-state index is -0.188. The van der Waals surface area contributed by atoms with Crippen molar-refractivity contribution in [2.75, 3.05) is 24.6 Å². The quantitative estimate of drug-likeness (QED) is 0.684. The summed E-state index contributed by atoms with van der Waals surface area (Å²) in [7, 11) is 0. The van der Waals surface area contributed by atoms with Gasteiger partial charge >= 0.3 is 0 Å². The molecule has 3 nitrogen and oxygen atoms in total. The number of benzene rings is 1. The molecule has 0 saturated carbocycles. The van der Waals surface area contributed by atoms with Gasteiger partial charge in [-0.1, -0.05) is 13.0 Å². The largest absolute Gasteiger partial charge is 0.396 e. The maximum Gasteiger partial charge on any atom is 0.146 e. The van der Waals surface area contributed by atoms with E-state index in [0.29, 0.717) is 25.2 Å². The van der Waals surface area contributed by atoms with Crippen LogP contribution in [0.15, 0.2) is 18.2 Å². The van der Waals surface area contributed by atoms with Crippen LogP contribution in [0.3, 0.4) is 0 Å². The molecule has 0 aliphatic rings. The molecule has 0 atom stereocenters. The summed E-state index contributed by atoms with van der Waals surface area (Å²) in [6.07, 6.45) is 1.72. The fourth-order valence-electron chi connectivity index (χ4n) is 2.20. The zero-order chi connectivity index (χ0) is 15.0. The molecule has 0 radical (unpaired) electrons. The standard InChI is InChI=1S/C16H27FN2O/c1-4-8-18-12-14-6-7-16(15(17)11-14)19(13(2)3)9-5-10-20/h6-7,11,13,18,20H,4-5,8-10,12H2,1-3H3. The predicted molar refractivity (Wildman–Crippen MR) is 82.6 cm³/mol. The average Bonchev–Trinajstić information content (AvgIpc) is 2.41. The molecule has 0 fully saturated rings. The summed E-state index contributed by atoms with van der Waals surface area (Å²) in [5.41, 5.74) is 1.58. The molecule has 1 aromatic rings. The van der Waals surface area contributed by atoms with Crippen LogP contribution in [0.2, 0.25) is 0 Å². The summed E-state index contributed by atoms with van der Waals surface area (Å²) in [5, 5.41) is 12.2. The molecule has 0 aliphatic carbocycles. The first-order valence-electron chi connectivity index (χ1n) is 7.46. The van der Waals surface area contributed by atoms with Crippen molar-refractivity contribution >= 4 is 5.69 Å². The number of hydrogen-bond acceptors (Lipinski definition) is 3. The highest BCUT2D eigenvalue weighted by atomic mass is 19.1. The Morgan fingerprint density at radius 2 is 2.10 bits per heavy atom. The van der Waals surface area contributed by atoms with E-state index < -0.39 is 0 Å². The smallest absolute Gasteiger partial charge is 0.146 e. The Balaban J connectivity index is 2.78. The lowest BCUT2D eigenvalue weighted by molar-refractivity contribution is 0.288. The van der Waals surface area contributed by atoms with Gasteiger partial charge in [-0.2, -0.15) is 0 Å². The van der Waals surface area contributed by atoms with Gasteiger partial charge in [-0.25, -0.2) is 4.39 Å². The van der Waals surface area contributed by atoms with E-state index in [-0.39, 0.29) is 18.5 Å². The molecule has 0 amide bonds. The van der Waals surface area contributed by atoms with E-state index in [9.17, 15) is 4.39 Å². The zero-order valence-corrected chi connectivity index (χ0v) is 12.8. The molecule has 2 N–H and O–H groups in total. The Hall–Kier alpha value is -1.13. The van der Waals surface area contributed by atoms with Gasteiger partial charge in [-0.05, 0) is 50.9 Å². The van der Waals surface area contributed by atoms with E-state index in [1.807, 2.05) is 30.9 Å². The Morgan fingerprint density at radius 3 is 2.65 bits per heavy atom. The van der Waals surface area contributed by atoms with Crippen molar-refractivity contribution in [2.24, 2.45) is 0 Å². The molecular weight excluding hydrogens is 255 g/mol. The number of hydrogen-bond donors (Lipinski definition) is 2. The zero-order valence-electron chi connectivity index (χ0n) is 12.8. The lowest BCUT2D eigenvalue weighted by Gasteiger charge is -2.29. The van der Waals surface area contributed by atoms with Crippen LogP contribution in [0.4, 0.5) is 10.1 Å². The third kappa shape index (κ3) is 5.10. The van der Waals surface area contributed by atoms with E-state index in [4.69, 9.17) is 5.11 Å². The van der Waals surface area contributed by atoms with E-state index in [1.165, 1.54) is 0 Å². The number of aliphatic hydroxyl groups is 1. The Bertz CT molecular complexity index is 396. The Morgan fingerprint density at radius 1 is 1.35 bits per heavy atom. The van der Waals surface area contributed by atoms with Crippen molar-refractivity contribution in [1.82, 2.24) is 5.32 Å². The summed E-state index contributed by atoms with van der Waals surface area (Å²) >= 11 is 0. The van der Waals surface area contributed by atoms with Crippen molar-refractivity contribution in [3.05, 3.63) is 29.6 Å². The highest BCUT2D eigenvalue weighted by molar-refractivity contribution is 5.50. The molecule has 4 heteroatoms. The maximum absolute atomic E-state index is 14.3. The van der Waals surface area contributed by atoms with Gasteiger partial charge in [0, 0.05) is 25.7 Å². The van der Waals surface area contributed by atoms with Crippen LogP contribution in [0, 0.1) is 5.82 Å². The number of nitrogens with one attached hydrogen (secondary N) is 1. The van der Waals surface area contributed by atoms with Gasteiger partial charge < -0.3 is 15.3 Å². The molecule has 0 heterocycles. The first-order chi connectivity index (χ1) is 9.60. The second kappa shape index (κ2) is 8.93. The molecule has 0 bridgehead atoms. The van der Waals surface area contributed by atoms with E-state index in [0.717, 1.165) is 18.5 Å².